The number of halogens is 3. The highest BCUT2D eigenvalue weighted by molar-refractivity contribution is 6.30. The third-order valence-corrected chi connectivity index (χ3v) is 3.62. The minimum absolute atomic E-state index is 0.0852. The van der Waals surface area contributed by atoms with Gasteiger partial charge in [0, 0.05) is 11.6 Å². The molecular formula is C16H16ClF2N. The minimum Gasteiger partial charge on any atom is -0.313 e. The van der Waals surface area contributed by atoms with E-state index in [1.54, 1.807) is 31.3 Å². The molecule has 0 aliphatic heterocycles. The van der Waals surface area contributed by atoms with Crippen molar-refractivity contribution in [2.45, 2.75) is 19.4 Å². The van der Waals surface area contributed by atoms with Crippen molar-refractivity contribution in [2.24, 2.45) is 0 Å². The van der Waals surface area contributed by atoms with Crippen molar-refractivity contribution in [3.63, 3.8) is 0 Å². The highest BCUT2D eigenvalue weighted by Gasteiger charge is 2.17. The Bertz CT molecular complexity index is 613. The zero-order chi connectivity index (χ0) is 14.7. The van der Waals surface area contributed by atoms with Gasteiger partial charge in [0.15, 0.2) is 0 Å². The van der Waals surface area contributed by atoms with Crippen molar-refractivity contribution < 1.29 is 8.78 Å². The van der Waals surface area contributed by atoms with Gasteiger partial charge in [-0.3, -0.25) is 0 Å². The summed E-state index contributed by atoms with van der Waals surface area (Å²) in [6.45, 7) is 1.90. The van der Waals surface area contributed by atoms with Crippen LogP contribution in [0, 0.1) is 18.6 Å². The maximum Gasteiger partial charge on any atom is 0.145 e. The van der Waals surface area contributed by atoms with Gasteiger partial charge in [-0.2, -0.15) is 0 Å². The topological polar surface area (TPSA) is 12.0 Å². The summed E-state index contributed by atoms with van der Waals surface area (Å²) >= 11 is 5.77. The lowest BCUT2D eigenvalue weighted by atomic mass is 9.97. The Morgan fingerprint density at radius 3 is 2.65 bits per heavy atom. The molecule has 0 amide bonds. The summed E-state index contributed by atoms with van der Waals surface area (Å²) < 4.78 is 27.9. The lowest BCUT2D eigenvalue weighted by Gasteiger charge is -2.18. The highest BCUT2D eigenvalue weighted by atomic mass is 35.5. The standard InChI is InChI=1S/C16H16ClF2N/c1-10-6-7-14(18)12(8-10)15(20-2)9-11-4-3-5-13(17)16(11)19/h3-8,15,20H,9H2,1-2H3. The van der Waals surface area contributed by atoms with E-state index in [4.69, 9.17) is 11.6 Å². The maximum absolute atomic E-state index is 13.9. The number of likely N-dealkylation sites (N-methyl/N-ethyl adjacent to an activating group) is 1. The van der Waals surface area contributed by atoms with E-state index >= 15 is 0 Å². The van der Waals surface area contributed by atoms with E-state index in [1.165, 1.54) is 12.1 Å². The monoisotopic (exact) mass is 295 g/mol. The fourth-order valence-corrected chi connectivity index (χ4v) is 2.42. The number of hydrogen-bond donors (Lipinski definition) is 1. The van der Waals surface area contributed by atoms with Crippen LogP contribution in [-0.2, 0) is 6.42 Å². The van der Waals surface area contributed by atoms with E-state index in [1.807, 2.05) is 6.92 Å². The van der Waals surface area contributed by atoms with Gasteiger partial charge in [0.2, 0.25) is 0 Å². The smallest absolute Gasteiger partial charge is 0.145 e. The number of rotatable bonds is 4. The molecule has 0 bridgehead atoms. The first-order valence-corrected chi connectivity index (χ1v) is 6.77. The second-order valence-electron chi connectivity index (χ2n) is 4.78. The Balaban J connectivity index is 2.34. The van der Waals surface area contributed by atoms with Gasteiger partial charge in [-0.1, -0.05) is 41.4 Å². The van der Waals surface area contributed by atoms with Crippen LogP contribution >= 0.6 is 11.6 Å². The molecule has 2 aromatic rings. The summed E-state index contributed by atoms with van der Waals surface area (Å²) in [5, 5.41) is 3.12. The van der Waals surface area contributed by atoms with E-state index in [0.29, 0.717) is 17.5 Å². The van der Waals surface area contributed by atoms with Crippen LogP contribution < -0.4 is 5.32 Å². The van der Waals surface area contributed by atoms with Gasteiger partial charge in [-0.25, -0.2) is 8.78 Å². The second-order valence-corrected chi connectivity index (χ2v) is 5.19. The van der Waals surface area contributed by atoms with Gasteiger partial charge >= 0.3 is 0 Å². The first-order valence-electron chi connectivity index (χ1n) is 6.39. The van der Waals surface area contributed by atoms with Crippen LogP contribution in [0.2, 0.25) is 5.02 Å². The lowest BCUT2D eigenvalue weighted by Crippen LogP contribution is -2.20. The first-order chi connectivity index (χ1) is 9.52. The fraction of sp³-hybridized carbons (Fsp3) is 0.250. The number of aryl methyl sites for hydroxylation is 1. The molecule has 4 heteroatoms. The van der Waals surface area contributed by atoms with Crippen LogP contribution in [0.15, 0.2) is 36.4 Å². The van der Waals surface area contributed by atoms with E-state index in [9.17, 15) is 8.78 Å². The van der Waals surface area contributed by atoms with Gasteiger partial charge in [-0.05, 0) is 38.1 Å². The number of benzene rings is 2. The van der Waals surface area contributed by atoms with E-state index < -0.39 is 5.82 Å². The van der Waals surface area contributed by atoms with Crippen LogP contribution in [-0.4, -0.2) is 7.05 Å². The first kappa shape index (κ1) is 14.9. The Labute approximate surface area is 122 Å². The quantitative estimate of drug-likeness (QED) is 0.880. The Morgan fingerprint density at radius 1 is 1.20 bits per heavy atom. The summed E-state index contributed by atoms with van der Waals surface area (Å²) in [6, 6.07) is 9.48. The SMILES string of the molecule is CNC(Cc1cccc(Cl)c1F)c1cc(C)ccc1F. The summed E-state index contributed by atoms with van der Waals surface area (Å²) in [4.78, 5) is 0. The molecule has 0 spiro atoms. The molecule has 106 valence electrons. The maximum atomic E-state index is 13.9. The zero-order valence-electron chi connectivity index (χ0n) is 11.4. The molecule has 1 unspecified atom stereocenters. The molecule has 2 aromatic carbocycles. The third-order valence-electron chi connectivity index (χ3n) is 3.33. The van der Waals surface area contributed by atoms with Gasteiger partial charge in [0.1, 0.15) is 11.6 Å². The van der Waals surface area contributed by atoms with Crippen molar-refractivity contribution in [3.8, 4) is 0 Å². The van der Waals surface area contributed by atoms with Gasteiger partial charge in [0.05, 0.1) is 5.02 Å². The molecule has 0 heterocycles. The molecule has 0 saturated heterocycles. The molecule has 2 rings (SSSR count). The van der Waals surface area contributed by atoms with Crippen LogP contribution in [0.25, 0.3) is 0 Å². The largest absolute Gasteiger partial charge is 0.313 e. The van der Waals surface area contributed by atoms with Crippen LogP contribution in [0.4, 0.5) is 8.78 Å². The van der Waals surface area contributed by atoms with Crippen LogP contribution in [0.1, 0.15) is 22.7 Å². The Hall–Kier alpha value is -1.45. The molecule has 0 aliphatic carbocycles. The average Bonchev–Trinajstić information content (AvgIpc) is 2.43. The number of hydrogen-bond acceptors (Lipinski definition) is 1. The molecule has 1 N–H and O–H groups in total. The van der Waals surface area contributed by atoms with Crippen molar-refractivity contribution in [1.29, 1.82) is 0 Å². The number of nitrogens with one attached hydrogen (secondary N) is 1. The van der Waals surface area contributed by atoms with Crippen molar-refractivity contribution in [3.05, 3.63) is 69.7 Å². The molecule has 1 atom stereocenters. The van der Waals surface area contributed by atoms with Crippen molar-refractivity contribution >= 4 is 11.6 Å². The molecule has 0 fully saturated rings. The highest BCUT2D eigenvalue weighted by Crippen LogP contribution is 2.25. The summed E-state index contributed by atoms with van der Waals surface area (Å²) in [5.41, 5.74) is 1.97. The van der Waals surface area contributed by atoms with E-state index in [-0.39, 0.29) is 16.9 Å². The van der Waals surface area contributed by atoms with Crippen molar-refractivity contribution in [1.82, 2.24) is 5.32 Å². The predicted molar refractivity (Wildman–Crippen MR) is 78.1 cm³/mol. The van der Waals surface area contributed by atoms with Gasteiger partial charge in [0.25, 0.3) is 0 Å². The molecule has 0 aliphatic rings. The van der Waals surface area contributed by atoms with E-state index in [2.05, 4.69) is 5.32 Å². The van der Waals surface area contributed by atoms with Gasteiger partial charge < -0.3 is 5.32 Å². The van der Waals surface area contributed by atoms with Crippen LogP contribution in [0.5, 0.6) is 0 Å². The fourth-order valence-electron chi connectivity index (χ4n) is 2.22. The summed E-state index contributed by atoms with van der Waals surface area (Å²) in [7, 11) is 1.73. The lowest BCUT2D eigenvalue weighted by molar-refractivity contribution is 0.519. The van der Waals surface area contributed by atoms with E-state index in [0.717, 1.165) is 5.56 Å². The van der Waals surface area contributed by atoms with Crippen LogP contribution in [0.3, 0.4) is 0 Å². The third kappa shape index (κ3) is 3.17. The molecular weight excluding hydrogens is 280 g/mol. The Morgan fingerprint density at radius 2 is 1.95 bits per heavy atom. The second kappa shape index (κ2) is 6.33. The molecule has 20 heavy (non-hydrogen) atoms. The Kier molecular flexibility index (Phi) is 4.73. The molecule has 0 saturated carbocycles. The van der Waals surface area contributed by atoms with Gasteiger partial charge in [-0.15, -0.1) is 0 Å². The van der Waals surface area contributed by atoms with Crippen molar-refractivity contribution in [2.75, 3.05) is 7.05 Å². The zero-order valence-corrected chi connectivity index (χ0v) is 12.1. The normalized spacial score (nSPS) is 12.4. The molecule has 1 nitrogen and oxygen atoms in total. The average molecular weight is 296 g/mol. The molecule has 0 radical (unpaired) electrons. The summed E-state index contributed by atoms with van der Waals surface area (Å²) in [5.74, 6) is -0.736. The predicted octanol–water partition coefficient (Wildman–Crippen LogP) is 4.43. The minimum atomic E-state index is -0.442. The molecule has 0 aromatic heterocycles. The summed E-state index contributed by atoms with van der Waals surface area (Å²) in [6.07, 6.45) is 0.337.